The molecule has 0 fully saturated rings. The van der Waals surface area contributed by atoms with E-state index in [0.29, 0.717) is 45.5 Å². The Morgan fingerprint density at radius 1 is 1.10 bits per heavy atom. The summed E-state index contributed by atoms with van der Waals surface area (Å²) in [4.78, 5) is 8.48. The SMILES string of the molecule is Cc1c(N)cncc1-c1cc2cc(Nc3cc4n(n3)C[S+]([O-])CC4)ncc2cc1F. The van der Waals surface area contributed by atoms with Gasteiger partial charge in [0.15, 0.2) is 11.7 Å². The first-order chi connectivity index (χ1) is 14.5. The fraction of sp³-hybridized carbons (Fsp3) is 0.190. The Labute approximate surface area is 175 Å². The molecule has 1 atom stereocenters. The van der Waals surface area contributed by atoms with E-state index in [4.69, 9.17) is 5.73 Å². The lowest BCUT2D eigenvalue weighted by atomic mass is 9.99. The molecule has 1 unspecified atom stereocenters. The molecule has 4 aromatic rings. The number of aromatic nitrogens is 4. The van der Waals surface area contributed by atoms with E-state index in [2.05, 4.69) is 20.4 Å². The molecule has 3 aromatic heterocycles. The lowest BCUT2D eigenvalue weighted by Crippen LogP contribution is -2.24. The van der Waals surface area contributed by atoms with Gasteiger partial charge in [0.05, 0.1) is 17.6 Å². The number of hydrogen-bond acceptors (Lipinski definition) is 6. The van der Waals surface area contributed by atoms with Crippen LogP contribution in [-0.4, -0.2) is 30.1 Å². The van der Waals surface area contributed by atoms with E-state index in [1.807, 2.05) is 19.1 Å². The van der Waals surface area contributed by atoms with Crippen molar-refractivity contribution < 1.29 is 8.94 Å². The second kappa shape index (κ2) is 7.26. The van der Waals surface area contributed by atoms with Gasteiger partial charge in [-0.1, -0.05) is 0 Å². The van der Waals surface area contributed by atoms with Gasteiger partial charge >= 0.3 is 0 Å². The van der Waals surface area contributed by atoms with E-state index in [9.17, 15) is 8.94 Å². The van der Waals surface area contributed by atoms with Gasteiger partial charge in [0, 0.05) is 41.4 Å². The fourth-order valence-corrected chi connectivity index (χ4v) is 4.70. The third kappa shape index (κ3) is 3.35. The number of aryl methyl sites for hydroxylation is 1. The Morgan fingerprint density at radius 3 is 2.83 bits per heavy atom. The highest BCUT2D eigenvalue weighted by molar-refractivity contribution is 7.90. The van der Waals surface area contributed by atoms with Gasteiger partial charge < -0.3 is 15.6 Å². The monoisotopic (exact) mass is 422 g/mol. The summed E-state index contributed by atoms with van der Waals surface area (Å²) < 4.78 is 28.3. The highest BCUT2D eigenvalue weighted by atomic mass is 32.2. The molecule has 3 N–H and O–H groups in total. The third-order valence-electron chi connectivity index (χ3n) is 5.32. The van der Waals surface area contributed by atoms with E-state index in [1.54, 1.807) is 29.3 Å². The summed E-state index contributed by atoms with van der Waals surface area (Å²) >= 11 is -0.873. The van der Waals surface area contributed by atoms with E-state index in [-0.39, 0.29) is 5.82 Å². The van der Waals surface area contributed by atoms with Crippen molar-refractivity contribution in [2.24, 2.45) is 0 Å². The predicted molar refractivity (Wildman–Crippen MR) is 116 cm³/mol. The van der Waals surface area contributed by atoms with Gasteiger partial charge in [-0.25, -0.2) is 14.1 Å². The van der Waals surface area contributed by atoms with Crippen LogP contribution < -0.4 is 11.1 Å². The Balaban J connectivity index is 1.51. The smallest absolute Gasteiger partial charge is 0.197 e. The molecule has 1 aliphatic heterocycles. The molecule has 0 aliphatic carbocycles. The predicted octanol–water partition coefficient (Wildman–Crippen LogP) is 3.53. The largest absolute Gasteiger partial charge is 0.615 e. The molecule has 1 aliphatic rings. The minimum Gasteiger partial charge on any atom is -0.615 e. The fourth-order valence-electron chi connectivity index (χ4n) is 3.63. The number of nitrogens with one attached hydrogen (secondary N) is 1. The summed E-state index contributed by atoms with van der Waals surface area (Å²) in [6.45, 7) is 1.85. The van der Waals surface area contributed by atoms with Crippen molar-refractivity contribution in [2.75, 3.05) is 16.8 Å². The van der Waals surface area contributed by atoms with Crippen LogP contribution in [0, 0.1) is 12.7 Å². The molecule has 0 bridgehead atoms. The van der Waals surface area contributed by atoms with Crippen molar-refractivity contribution in [3.8, 4) is 11.1 Å². The minimum atomic E-state index is -0.873. The molecule has 152 valence electrons. The Hall–Kier alpha value is -3.17. The molecule has 1 aromatic carbocycles. The maximum Gasteiger partial charge on any atom is 0.197 e. The summed E-state index contributed by atoms with van der Waals surface area (Å²) in [6, 6.07) is 7.04. The van der Waals surface area contributed by atoms with Gasteiger partial charge in [-0.2, -0.15) is 5.10 Å². The molecule has 0 radical (unpaired) electrons. The second-order valence-corrected chi connectivity index (χ2v) is 8.86. The van der Waals surface area contributed by atoms with Gasteiger partial charge in [-0.05, 0) is 47.2 Å². The summed E-state index contributed by atoms with van der Waals surface area (Å²) in [7, 11) is 0. The number of nitrogens with zero attached hydrogens (tertiary/aromatic N) is 4. The van der Waals surface area contributed by atoms with Crippen molar-refractivity contribution in [3.63, 3.8) is 0 Å². The van der Waals surface area contributed by atoms with Crippen LogP contribution in [0.5, 0.6) is 0 Å². The second-order valence-electron chi connectivity index (χ2n) is 7.32. The van der Waals surface area contributed by atoms with Crippen LogP contribution in [0.1, 0.15) is 11.3 Å². The van der Waals surface area contributed by atoms with Gasteiger partial charge in [-0.3, -0.25) is 4.98 Å². The van der Waals surface area contributed by atoms with E-state index < -0.39 is 11.2 Å². The number of pyridine rings is 2. The summed E-state index contributed by atoms with van der Waals surface area (Å²) in [5.74, 6) is 1.97. The van der Waals surface area contributed by atoms with Crippen molar-refractivity contribution >= 4 is 39.3 Å². The molecule has 0 saturated heterocycles. The average molecular weight is 422 g/mol. The van der Waals surface area contributed by atoms with Crippen molar-refractivity contribution in [1.29, 1.82) is 0 Å². The number of nitrogen functional groups attached to an aromatic ring is 1. The maximum absolute atomic E-state index is 14.8. The molecule has 5 rings (SSSR count). The number of nitrogens with two attached hydrogens (primary N) is 1. The van der Waals surface area contributed by atoms with Crippen LogP contribution in [0.4, 0.5) is 21.7 Å². The van der Waals surface area contributed by atoms with Crippen LogP contribution in [0.3, 0.4) is 0 Å². The van der Waals surface area contributed by atoms with Crippen molar-refractivity contribution in [1.82, 2.24) is 19.7 Å². The normalized spacial score (nSPS) is 15.9. The van der Waals surface area contributed by atoms with Gasteiger partial charge in [0.2, 0.25) is 0 Å². The molecule has 0 amide bonds. The van der Waals surface area contributed by atoms with Gasteiger partial charge in [-0.15, -0.1) is 0 Å². The molecule has 9 heteroatoms. The zero-order valence-corrected chi connectivity index (χ0v) is 17.0. The van der Waals surface area contributed by atoms with E-state index in [0.717, 1.165) is 23.1 Å². The standard InChI is InChI=1S/C21H19FN6OS/c1-12-17(9-24-10-19(12)23)16-4-13-6-20(25-8-14(13)5-18(16)22)26-21-7-15-2-3-30(29)11-28(15)27-21/h4-10H,2-3,11,23H2,1H3,(H,25,26,27). The van der Waals surface area contributed by atoms with Crippen LogP contribution in [-0.2, 0) is 23.5 Å². The van der Waals surface area contributed by atoms with Gasteiger partial charge in [0.1, 0.15) is 17.4 Å². The first kappa shape index (κ1) is 18.8. The van der Waals surface area contributed by atoms with E-state index >= 15 is 0 Å². The Kier molecular flexibility index (Phi) is 4.56. The lowest BCUT2D eigenvalue weighted by molar-refractivity contribution is 0.556. The Bertz CT molecular complexity index is 1270. The maximum atomic E-state index is 14.8. The minimum absolute atomic E-state index is 0.352. The topological polar surface area (TPSA) is 105 Å². The molecule has 30 heavy (non-hydrogen) atoms. The quantitative estimate of drug-likeness (QED) is 0.490. The van der Waals surface area contributed by atoms with Crippen LogP contribution in [0.2, 0.25) is 0 Å². The number of fused-ring (bicyclic) bond motifs is 2. The molecular formula is C21H19FN6OS. The summed E-state index contributed by atoms with van der Waals surface area (Å²) in [5.41, 5.74) is 9.41. The van der Waals surface area contributed by atoms with Crippen molar-refractivity contribution in [3.05, 3.63) is 59.9 Å². The van der Waals surface area contributed by atoms with Crippen LogP contribution in [0.15, 0.2) is 42.9 Å². The van der Waals surface area contributed by atoms with E-state index in [1.165, 1.54) is 6.07 Å². The number of rotatable bonds is 3. The summed E-state index contributed by atoms with van der Waals surface area (Å²) in [6.07, 6.45) is 5.54. The molecule has 4 heterocycles. The number of anilines is 3. The van der Waals surface area contributed by atoms with Crippen molar-refractivity contribution in [2.45, 2.75) is 19.2 Å². The lowest BCUT2D eigenvalue weighted by Gasteiger charge is -2.17. The zero-order valence-electron chi connectivity index (χ0n) is 16.2. The first-order valence-corrected chi connectivity index (χ1v) is 11.0. The van der Waals surface area contributed by atoms with Gasteiger partial charge in [0.25, 0.3) is 0 Å². The highest BCUT2D eigenvalue weighted by Crippen LogP contribution is 2.32. The number of halogens is 1. The third-order valence-corrected chi connectivity index (χ3v) is 6.52. The molecule has 0 spiro atoms. The molecule has 7 nitrogen and oxygen atoms in total. The van der Waals surface area contributed by atoms with Crippen LogP contribution >= 0.6 is 0 Å². The summed E-state index contributed by atoms with van der Waals surface area (Å²) in [5, 5.41) is 9.18. The highest BCUT2D eigenvalue weighted by Gasteiger charge is 2.20. The van der Waals surface area contributed by atoms with Crippen LogP contribution in [0.25, 0.3) is 21.9 Å². The average Bonchev–Trinajstić information content (AvgIpc) is 3.11. The first-order valence-electron chi connectivity index (χ1n) is 9.46. The number of benzene rings is 1. The zero-order chi connectivity index (χ0) is 20.8. The molecular weight excluding hydrogens is 403 g/mol. The molecule has 0 saturated carbocycles. The Morgan fingerprint density at radius 2 is 1.97 bits per heavy atom. The number of hydrogen-bond donors (Lipinski definition) is 2.